The van der Waals surface area contributed by atoms with Crippen molar-refractivity contribution in [1.29, 1.82) is 0 Å². The summed E-state index contributed by atoms with van der Waals surface area (Å²) >= 11 is 1.39. The van der Waals surface area contributed by atoms with Crippen LogP contribution in [-0.2, 0) is 6.54 Å². The van der Waals surface area contributed by atoms with E-state index < -0.39 is 0 Å². The van der Waals surface area contributed by atoms with Gasteiger partial charge in [0.25, 0.3) is 5.91 Å². The molecule has 1 amide bonds. The SMILES string of the molecule is COc1cccc(CNC(=O)c2sc(-c3ccccc3)nc2C)c1OC. The van der Waals surface area contributed by atoms with Crippen molar-refractivity contribution >= 4 is 17.2 Å². The fourth-order valence-corrected chi connectivity index (χ4v) is 3.65. The van der Waals surface area contributed by atoms with Crippen LogP contribution in [0.15, 0.2) is 48.5 Å². The first-order chi connectivity index (χ1) is 12.6. The van der Waals surface area contributed by atoms with Crippen LogP contribution in [0.4, 0.5) is 0 Å². The molecule has 6 heteroatoms. The molecule has 0 radical (unpaired) electrons. The molecule has 1 heterocycles. The van der Waals surface area contributed by atoms with Gasteiger partial charge in [0, 0.05) is 17.7 Å². The van der Waals surface area contributed by atoms with E-state index in [9.17, 15) is 4.79 Å². The van der Waals surface area contributed by atoms with E-state index in [1.54, 1.807) is 14.2 Å². The minimum atomic E-state index is -0.146. The quantitative estimate of drug-likeness (QED) is 0.713. The number of benzene rings is 2. The monoisotopic (exact) mass is 368 g/mol. The highest BCUT2D eigenvalue weighted by atomic mass is 32.1. The number of ether oxygens (including phenoxy) is 2. The molecule has 0 spiro atoms. The molecule has 0 aliphatic carbocycles. The van der Waals surface area contributed by atoms with Crippen molar-refractivity contribution in [2.24, 2.45) is 0 Å². The number of thiazole rings is 1. The number of carbonyl (C=O) groups excluding carboxylic acids is 1. The number of nitrogens with one attached hydrogen (secondary N) is 1. The van der Waals surface area contributed by atoms with Crippen molar-refractivity contribution in [3.8, 4) is 22.1 Å². The summed E-state index contributed by atoms with van der Waals surface area (Å²) in [6, 6.07) is 15.4. The summed E-state index contributed by atoms with van der Waals surface area (Å²) in [5, 5.41) is 3.78. The van der Waals surface area contributed by atoms with Gasteiger partial charge in [-0.3, -0.25) is 4.79 Å². The van der Waals surface area contributed by atoms with Gasteiger partial charge in [-0.2, -0.15) is 0 Å². The Morgan fingerprint density at radius 2 is 1.85 bits per heavy atom. The average Bonchev–Trinajstić information content (AvgIpc) is 3.08. The second-order valence-electron chi connectivity index (χ2n) is 5.63. The smallest absolute Gasteiger partial charge is 0.263 e. The lowest BCUT2D eigenvalue weighted by Crippen LogP contribution is -2.23. The predicted molar refractivity (Wildman–Crippen MR) is 103 cm³/mol. The Morgan fingerprint density at radius 3 is 2.54 bits per heavy atom. The molecule has 0 fully saturated rings. The molecule has 0 saturated heterocycles. The second-order valence-corrected chi connectivity index (χ2v) is 6.63. The van der Waals surface area contributed by atoms with Gasteiger partial charge in [-0.15, -0.1) is 11.3 Å². The van der Waals surface area contributed by atoms with Crippen LogP contribution in [0.5, 0.6) is 11.5 Å². The van der Waals surface area contributed by atoms with Crippen molar-refractivity contribution in [3.63, 3.8) is 0 Å². The first kappa shape index (κ1) is 17.9. The van der Waals surface area contributed by atoms with Crippen molar-refractivity contribution in [1.82, 2.24) is 10.3 Å². The molecule has 0 atom stereocenters. The van der Waals surface area contributed by atoms with Crippen molar-refractivity contribution in [2.75, 3.05) is 14.2 Å². The average molecular weight is 368 g/mol. The van der Waals surface area contributed by atoms with Gasteiger partial charge >= 0.3 is 0 Å². The Hall–Kier alpha value is -2.86. The zero-order valence-electron chi connectivity index (χ0n) is 14.9. The van der Waals surface area contributed by atoms with Gasteiger partial charge in [0.2, 0.25) is 0 Å². The highest BCUT2D eigenvalue weighted by molar-refractivity contribution is 7.17. The second kappa shape index (κ2) is 8.01. The van der Waals surface area contributed by atoms with E-state index in [-0.39, 0.29) is 5.91 Å². The Balaban J connectivity index is 1.77. The van der Waals surface area contributed by atoms with Crippen molar-refractivity contribution < 1.29 is 14.3 Å². The zero-order valence-corrected chi connectivity index (χ0v) is 15.7. The maximum Gasteiger partial charge on any atom is 0.263 e. The first-order valence-corrected chi connectivity index (χ1v) is 8.96. The topological polar surface area (TPSA) is 60.5 Å². The van der Waals surface area contributed by atoms with Crippen LogP contribution in [0.25, 0.3) is 10.6 Å². The zero-order chi connectivity index (χ0) is 18.5. The number of hydrogen-bond acceptors (Lipinski definition) is 5. The summed E-state index contributed by atoms with van der Waals surface area (Å²) < 4.78 is 10.7. The largest absolute Gasteiger partial charge is 0.493 e. The minimum Gasteiger partial charge on any atom is -0.493 e. The third-order valence-corrected chi connectivity index (χ3v) is 5.15. The summed E-state index contributed by atoms with van der Waals surface area (Å²) in [6.07, 6.45) is 0. The van der Waals surface area contributed by atoms with Crippen molar-refractivity contribution in [3.05, 3.63) is 64.7 Å². The summed E-state index contributed by atoms with van der Waals surface area (Å²) in [7, 11) is 3.18. The van der Waals surface area contributed by atoms with Gasteiger partial charge in [0.05, 0.1) is 19.9 Å². The number of aromatic nitrogens is 1. The lowest BCUT2D eigenvalue weighted by Gasteiger charge is -2.13. The number of nitrogens with zero attached hydrogens (tertiary/aromatic N) is 1. The molecular formula is C20H20N2O3S. The number of carbonyl (C=O) groups is 1. The van der Waals surface area contributed by atoms with E-state index in [0.29, 0.717) is 22.9 Å². The Kier molecular flexibility index (Phi) is 5.53. The van der Waals surface area contributed by atoms with Crippen LogP contribution in [0.3, 0.4) is 0 Å². The van der Waals surface area contributed by atoms with E-state index in [0.717, 1.165) is 21.8 Å². The molecule has 3 rings (SSSR count). The standard InChI is InChI=1S/C20H20N2O3S/c1-13-18(26-20(22-13)14-8-5-4-6-9-14)19(23)21-12-15-10-7-11-16(24-2)17(15)25-3/h4-11H,12H2,1-3H3,(H,21,23). The van der Waals surface area contributed by atoms with Crippen LogP contribution in [0.1, 0.15) is 20.9 Å². The van der Waals surface area contributed by atoms with Crippen LogP contribution < -0.4 is 14.8 Å². The number of methoxy groups -OCH3 is 2. The molecule has 0 aliphatic rings. The summed E-state index contributed by atoms with van der Waals surface area (Å²) in [5.41, 5.74) is 2.59. The van der Waals surface area contributed by atoms with E-state index in [1.165, 1.54) is 11.3 Å². The van der Waals surface area contributed by atoms with Crippen LogP contribution in [0.2, 0.25) is 0 Å². The number of amides is 1. The normalized spacial score (nSPS) is 10.4. The number of rotatable bonds is 6. The fraction of sp³-hybridized carbons (Fsp3) is 0.200. The predicted octanol–water partition coefficient (Wildman–Crippen LogP) is 4.07. The highest BCUT2D eigenvalue weighted by Gasteiger charge is 2.17. The Bertz CT molecular complexity index is 907. The minimum absolute atomic E-state index is 0.146. The van der Waals surface area contributed by atoms with E-state index in [4.69, 9.17) is 9.47 Å². The maximum atomic E-state index is 12.6. The molecule has 3 aromatic rings. The lowest BCUT2D eigenvalue weighted by atomic mass is 10.2. The van der Waals surface area contributed by atoms with Crippen molar-refractivity contribution in [2.45, 2.75) is 13.5 Å². The maximum absolute atomic E-state index is 12.6. The van der Waals surface area contributed by atoms with Gasteiger partial charge < -0.3 is 14.8 Å². The molecule has 0 unspecified atom stereocenters. The van der Waals surface area contributed by atoms with Crippen LogP contribution in [0, 0.1) is 6.92 Å². The molecule has 5 nitrogen and oxygen atoms in total. The van der Waals surface area contributed by atoms with Gasteiger partial charge in [0.1, 0.15) is 9.88 Å². The first-order valence-electron chi connectivity index (χ1n) is 8.15. The van der Waals surface area contributed by atoms with Gasteiger partial charge in [-0.25, -0.2) is 4.98 Å². The number of aryl methyl sites for hydroxylation is 1. The molecule has 0 bridgehead atoms. The third-order valence-electron chi connectivity index (χ3n) is 3.95. The molecule has 1 aromatic heterocycles. The van der Waals surface area contributed by atoms with Gasteiger partial charge in [-0.05, 0) is 13.0 Å². The van der Waals surface area contributed by atoms with Gasteiger partial charge in [0.15, 0.2) is 11.5 Å². The third kappa shape index (κ3) is 3.70. The fourth-order valence-electron chi connectivity index (χ4n) is 2.66. The highest BCUT2D eigenvalue weighted by Crippen LogP contribution is 2.31. The molecule has 134 valence electrons. The Morgan fingerprint density at radius 1 is 1.08 bits per heavy atom. The molecule has 0 aliphatic heterocycles. The van der Waals surface area contributed by atoms with Crippen LogP contribution in [-0.4, -0.2) is 25.1 Å². The summed E-state index contributed by atoms with van der Waals surface area (Å²) in [6.45, 7) is 2.20. The summed E-state index contributed by atoms with van der Waals surface area (Å²) in [4.78, 5) is 17.8. The molecule has 1 N–H and O–H groups in total. The molecule has 2 aromatic carbocycles. The van der Waals surface area contributed by atoms with Gasteiger partial charge in [-0.1, -0.05) is 42.5 Å². The van der Waals surface area contributed by atoms with E-state index in [1.807, 2.05) is 55.5 Å². The molecule has 26 heavy (non-hydrogen) atoms. The number of hydrogen-bond donors (Lipinski definition) is 1. The molecule has 0 saturated carbocycles. The number of para-hydroxylation sites is 1. The molecular weight excluding hydrogens is 348 g/mol. The van der Waals surface area contributed by atoms with E-state index in [2.05, 4.69) is 10.3 Å². The van der Waals surface area contributed by atoms with E-state index >= 15 is 0 Å². The van der Waals surface area contributed by atoms with Crippen LogP contribution >= 0.6 is 11.3 Å². The lowest BCUT2D eigenvalue weighted by molar-refractivity contribution is 0.0954. The summed E-state index contributed by atoms with van der Waals surface area (Å²) in [5.74, 6) is 1.12. The Labute approximate surface area is 156 Å².